The molecule has 2 aliphatic carbocycles. The van der Waals surface area contributed by atoms with Gasteiger partial charge in [-0.1, -0.05) is 178 Å². The fraction of sp³-hybridized carbons (Fsp3) is 0.551. The molecule has 620 valence electrons. The van der Waals surface area contributed by atoms with E-state index < -0.39 is 15.0 Å². The van der Waals surface area contributed by atoms with Gasteiger partial charge in [0.2, 0.25) is 0 Å². The molecular weight excluding hydrogens is 1670 g/mol. The van der Waals surface area contributed by atoms with Crippen LogP contribution < -0.4 is 0 Å². The number of nitrogens with zero attached hydrogens (tertiary/aromatic N) is 8. The van der Waals surface area contributed by atoms with E-state index in [9.17, 15) is 10.5 Å². The van der Waals surface area contributed by atoms with Gasteiger partial charge in [0.15, 0.2) is 0 Å². The third-order valence-electron chi connectivity index (χ3n) is 24.9. The number of carbonyl (C=O) groups excluding carboxylic acids is 2. The summed E-state index contributed by atoms with van der Waals surface area (Å²) >= 11 is 34.0. The molecule has 7 heterocycles. The predicted octanol–water partition coefficient (Wildman–Crippen LogP) is 33.8. The minimum Gasteiger partial charge on any atom is -0.0827 e. The topological polar surface area (TPSA) is 126 Å². The molecule has 7 aromatic heterocycles. The molecule has 2 aliphatic rings. The second kappa shape index (κ2) is 44.8. The number of fused-ring (bicyclic) bond motifs is 16. The first-order chi connectivity index (χ1) is 57.2. The van der Waals surface area contributed by atoms with Crippen molar-refractivity contribution in [2.45, 2.75) is 337 Å². The number of unbranched alkanes of at least 4 members (excludes halogenated alkanes) is 32. The summed E-state index contributed by atoms with van der Waals surface area (Å²) in [5.74, 6) is 0.220. The quantitative estimate of drug-likeness (QED) is 0.0123. The number of rotatable bonds is 50. The van der Waals surface area contributed by atoms with Crippen LogP contribution in [0.1, 0.15) is 364 Å². The number of ketones is 2. The van der Waals surface area contributed by atoms with Gasteiger partial charge in [0.05, 0.1) is 45.4 Å². The molecule has 0 spiro atoms. The number of halogens is 4. The van der Waals surface area contributed by atoms with Crippen molar-refractivity contribution < 1.29 is 9.59 Å². The number of hydrogen-bond acceptors (Lipinski definition) is 10. The summed E-state index contributed by atoms with van der Waals surface area (Å²) in [6.07, 6.45) is 55.9. The smallest absolute Gasteiger partial charge is 0.0827 e. The summed E-state index contributed by atoms with van der Waals surface area (Å²) in [6, 6.07) is 10.9. The van der Waals surface area contributed by atoms with E-state index >= 15 is 9.59 Å². The van der Waals surface area contributed by atoms with Gasteiger partial charge in [-0.25, -0.2) is 20.2 Å². The fourth-order valence-electron chi connectivity index (χ4n) is 18.6. The van der Waals surface area contributed by atoms with Crippen LogP contribution >= 0.6 is 91.8 Å². The first kappa shape index (κ1) is 90.4. The van der Waals surface area contributed by atoms with Crippen molar-refractivity contribution in [1.82, 2.24) is 17.1 Å². The Morgan fingerprint density at radius 1 is 0.410 bits per heavy atom. The number of benzene rings is 3. The van der Waals surface area contributed by atoms with Gasteiger partial charge in [-0.3, -0.25) is 0 Å². The summed E-state index contributed by atoms with van der Waals surface area (Å²) in [6.45, 7) is 32.2. The third-order valence-corrected chi connectivity index (χ3v) is 32.6. The van der Waals surface area contributed by atoms with Crippen LogP contribution in [-0.4, -0.2) is 43.6 Å². The summed E-state index contributed by atoms with van der Waals surface area (Å²) in [5, 5.41) is 24.9. The van der Waals surface area contributed by atoms with E-state index in [4.69, 9.17) is 67.5 Å². The van der Waals surface area contributed by atoms with Gasteiger partial charge >= 0.3 is 477 Å². The van der Waals surface area contributed by atoms with Gasteiger partial charge in [0.1, 0.15) is 0 Å². The van der Waals surface area contributed by atoms with E-state index in [1.165, 1.54) is 278 Å². The number of thiophene rings is 4. The normalized spacial score (nSPS) is 15.1. The second-order valence-corrected chi connectivity index (χ2v) is 40.3. The fourth-order valence-corrected chi connectivity index (χ4v) is 26.3. The number of carbonyl (C=O) groups is 2. The van der Waals surface area contributed by atoms with Crippen LogP contribution in [0.4, 0.5) is 0 Å². The number of Topliss-reactive ketones (excluding diaryl/α,β-unsaturated/α-hetero) is 2. The van der Waals surface area contributed by atoms with E-state index in [-0.39, 0.29) is 43.1 Å². The van der Waals surface area contributed by atoms with E-state index in [1.54, 1.807) is 46.9 Å². The van der Waals surface area contributed by atoms with Crippen LogP contribution in [0.15, 0.2) is 46.8 Å². The summed E-state index contributed by atoms with van der Waals surface area (Å²) < 4.78 is 24.4. The Morgan fingerprint density at radius 3 is 1.01 bits per heavy atom. The van der Waals surface area contributed by atoms with Crippen LogP contribution in [-0.2, 0) is 25.9 Å². The number of aromatic nitrogens is 4. The second-order valence-electron chi connectivity index (χ2n) is 33.4. The molecule has 10 aromatic rings. The molecule has 3 aromatic carbocycles. The minimum atomic E-state index is -0.409. The Kier molecular flexibility index (Phi) is 34.6. The average Bonchev–Trinajstić information content (AvgIpc) is 1.50. The standard InChI is InChI=1S/C98H118Cl4N8O2S4Se/c1-9-15-21-27-31-33-35-39-45-51-65-79(57-71-81(77(59-103)105-7)67-53-73(99)75(101)55-69(67)91(71)111)113-97-89-95(115-93(65)97)83-85-86(108-117-107-85)84-88(87(83)109(89)61-63(47-41-25-19-13-5)49-43-37-29-23-17-11-3)110(62-64(48-42-26-20-14-6)50-44-38-30-24-18-12-4)90-96(84)116-94-66(52-46-40-36-34-32-28-22-16-10-2)80(114-98(90)94)58-72-82(78(60-104)106-8)68-54-74(100)76(102)56-70(68)92(72)112/h53-58,63-64H,9-52,61-62H2,1-6H3/b71-57-,72-58-,81-77-,82-78+. The number of nitriles is 2. The molecule has 0 saturated heterocycles. The van der Waals surface area contributed by atoms with Crippen molar-refractivity contribution in [3.05, 3.63) is 133 Å². The molecule has 0 N–H and O–H groups in total. The molecule has 0 fully saturated rings. The van der Waals surface area contributed by atoms with Crippen LogP contribution in [0.3, 0.4) is 0 Å². The molecule has 12 rings (SSSR count). The Morgan fingerprint density at radius 2 is 0.701 bits per heavy atom. The van der Waals surface area contributed by atoms with E-state index in [0.29, 0.717) is 56.4 Å². The molecule has 117 heavy (non-hydrogen) atoms. The molecule has 2 unspecified atom stereocenters. The van der Waals surface area contributed by atoms with E-state index in [2.05, 4.69) is 72.5 Å². The van der Waals surface area contributed by atoms with Crippen LogP contribution in [0.5, 0.6) is 0 Å². The Hall–Kier alpha value is -5.88. The Labute approximate surface area is 738 Å². The number of allylic oxidation sites excluding steroid dienone is 6. The molecular formula is C98H118Cl4N8O2S4Se. The monoisotopic (exact) mass is 1790 g/mol. The maximum atomic E-state index is 15.2. The van der Waals surface area contributed by atoms with Gasteiger partial charge in [0.25, 0.3) is 0 Å². The maximum absolute atomic E-state index is 15.2. The zero-order valence-corrected chi connectivity index (χ0v) is 78.1. The van der Waals surface area contributed by atoms with Crippen molar-refractivity contribution in [3.8, 4) is 12.1 Å². The van der Waals surface area contributed by atoms with Crippen molar-refractivity contribution >= 4 is 214 Å². The number of hydrogen-bond donors (Lipinski definition) is 0. The molecule has 10 nitrogen and oxygen atoms in total. The van der Waals surface area contributed by atoms with Crippen molar-refractivity contribution in [3.63, 3.8) is 0 Å². The van der Waals surface area contributed by atoms with Crippen LogP contribution in [0.2, 0.25) is 20.1 Å². The molecule has 2 atom stereocenters. The molecule has 19 heteroatoms. The van der Waals surface area contributed by atoms with Crippen molar-refractivity contribution in [1.29, 1.82) is 10.5 Å². The summed E-state index contributed by atoms with van der Waals surface area (Å²) in [5.41, 5.74) is 12.0. The van der Waals surface area contributed by atoms with Crippen molar-refractivity contribution in [2.24, 2.45) is 11.8 Å². The van der Waals surface area contributed by atoms with Gasteiger partial charge < -0.3 is 0 Å². The first-order valence-corrected chi connectivity index (χ1v) is 51.2. The van der Waals surface area contributed by atoms with E-state index in [0.717, 1.165) is 111 Å². The summed E-state index contributed by atoms with van der Waals surface area (Å²) in [4.78, 5) is 40.0. The SMILES string of the molecule is [C-]#[N+]/C(C#N)=C1\C(=C\c2sc3c(sc4c5c6n[se]nc6c6c7sc8c(CCCCCCCCCCC)c(/C=C9\C(=O)c%10cc(Cl)c(Cl)cc%10\C9=C(\C#N)[N+]#[C-])sc8c7n(CC(CCCCCC)CCCCCCCC)c6c5n(CC(CCCCCC)CCCCCCCC)c34)c2CCCCCCCCCCC)C(=O)c2cc(Cl)c(Cl)cc21. The van der Waals surface area contributed by atoms with Crippen LogP contribution in [0, 0.1) is 47.6 Å². The van der Waals surface area contributed by atoms with Gasteiger partial charge in [-0.2, -0.15) is 0 Å². The molecule has 0 aliphatic heterocycles. The molecule has 0 radical (unpaired) electrons. The first-order valence-electron chi connectivity index (χ1n) is 44.8. The molecule has 0 bridgehead atoms. The Bertz CT molecular complexity index is 5140. The average molecular weight is 1790 g/mol. The zero-order valence-electron chi connectivity index (χ0n) is 70.1. The molecule has 0 saturated carbocycles. The van der Waals surface area contributed by atoms with Crippen LogP contribution in [0.25, 0.3) is 105 Å². The predicted molar refractivity (Wildman–Crippen MR) is 507 cm³/mol. The minimum absolute atomic E-state index is 0.151. The van der Waals surface area contributed by atoms with E-state index in [1.807, 2.05) is 34.8 Å². The third kappa shape index (κ3) is 20.6. The Balaban J connectivity index is 1.17. The van der Waals surface area contributed by atoms with Crippen molar-refractivity contribution in [2.75, 3.05) is 0 Å². The summed E-state index contributed by atoms with van der Waals surface area (Å²) in [7, 11) is 0. The van der Waals surface area contributed by atoms with Gasteiger partial charge in [0, 0.05) is 0 Å². The van der Waals surface area contributed by atoms with Gasteiger partial charge in [-0.05, 0) is 24.3 Å². The number of aryl methyl sites for hydroxylation is 2. The zero-order chi connectivity index (χ0) is 82.5. The molecule has 0 amide bonds. The van der Waals surface area contributed by atoms with Gasteiger partial charge in [-0.15, -0.1) is 0 Å².